The first kappa shape index (κ1) is 19.6. The number of allylic oxidation sites excluding steroid dienone is 1. The second-order valence-electron chi connectivity index (χ2n) is 6.38. The molecule has 0 unspecified atom stereocenters. The molecular weight excluding hydrogens is 337 g/mol. The second-order valence-corrected chi connectivity index (χ2v) is 6.38. The zero-order valence-corrected chi connectivity index (χ0v) is 15.1. The van der Waals surface area contributed by atoms with Crippen LogP contribution >= 0.6 is 0 Å². The fraction of sp³-hybridized carbons (Fsp3) is 0.238. The van der Waals surface area contributed by atoms with Crippen LogP contribution in [0.25, 0.3) is 11.8 Å². The predicted molar refractivity (Wildman–Crippen MR) is 104 cm³/mol. The van der Waals surface area contributed by atoms with E-state index in [0.717, 1.165) is 23.3 Å². The Hall–Kier alpha value is -2.69. The third kappa shape index (κ3) is 5.41. The Morgan fingerprint density at radius 1 is 1.04 bits per heavy atom. The molecule has 0 aliphatic carbocycles. The molecule has 0 aliphatic rings. The first-order valence-electron chi connectivity index (χ1n) is 8.33. The molecule has 0 amide bonds. The lowest BCUT2D eigenvalue weighted by Crippen LogP contribution is -2.07. The SMILES string of the molecule is C=C(Nc1cc(NC)cc(C(F)(F)F)c1)c1ccc(/C=C/C(C)C)cc1. The molecule has 2 rings (SSSR count). The molecule has 0 radical (unpaired) electrons. The zero-order chi connectivity index (χ0) is 19.3. The van der Waals surface area contributed by atoms with E-state index in [1.54, 1.807) is 13.1 Å². The molecule has 26 heavy (non-hydrogen) atoms. The summed E-state index contributed by atoms with van der Waals surface area (Å²) in [5.41, 5.74) is 2.41. The molecule has 0 spiro atoms. The van der Waals surface area contributed by atoms with Gasteiger partial charge in [0.1, 0.15) is 0 Å². The molecule has 0 heterocycles. The van der Waals surface area contributed by atoms with E-state index < -0.39 is 11.7 Å². The van der Waals surface area contributed by atoms with Crippen molar-refractivity contribution in [2.45, 2.75) is 20.0 Å². The summed E-state index contributed by atoms with van der Waals surface area (Å²) in [5.74, 6) is 0.466. The minimum atomic E-state index is -4.41. The summed E-state index contributed by atoms with van der Waals surface area (Å²) >= 11 is 0. The number of rotatable bonds is 6. The molecule has 0 saturated heterocycles. The molecule has 5 heteroatoms. The summed E-state index contributed by atoms with van der Waals surface area (Å²) in [7, 11) is 1.58. The highest BCUT2D eigenvalue weighted by Crippen LogP contribution is 2.34. The number of hydrogen-bond donors (Lipinski definition) is 2. The standard InChI is InChI=1S/C21H23F3N2/c1-14(2)5-6-16-7-9-17(10-8-16)15(3)26-20-12-18(21(22,23)24)11-19(13-20)25-4/h5-14,25-26H,3H2,1-2,4H3/b6-5+. The highest BCUT2D eigenvalue weighted by Gasteiger charge is 2.31. The van der Waals surface area contributed by atoms with Crippen LogP contribution < -0.4 is 10.6 Å². The van der Waals surface area contributed by atoms with Crippen molar-refractivity contribution in [2.75, 3.05) is 17.7 Å². The summed E-state index contributed by atoms with van der Waals surface area (Å²) < 4.78 is 39.1. The van der Waals surface area contributed by atoms with E-state index in [2.05, 4.69) is 37.1 Å². The third-order valence-corrected chi connectivity index (χ3v) is 3.78. The zero-order valence-electron chi connectivity index (χ0n) is 15.1. The highest BCUT2D eigenvalue weighted by molar-refractivity contribution is 5.77. The van der Waals surface area contributed by atoms with E-state index in [1.165, 1.54) is 0 Å². The lowest BCUT2D eigenvalue weighted by Gasteiger charge is -2.15. The van der Waals surface area contributed by atoms with Crippen molar-refractivity contribution < 1.29 is 13.2 Å². The number of nitrogens with one attached hydrogen (secondary N) is 2. The summed E-state index contributed by atoms with van der Waals surface area (Å²) in [5, 5.41) is 5.71. The van der Waals surface area contributed by atoms with Gasteiger partial charge in [-0.15, -0.1) is 0 Å². The largest absolute Gasteiger partial charge is 0.416 e. The van der Waals surface area contributed by atoms with Gasteiger partial charge in [0.2, 0.25) is 0 Å². The van der Waals surface area contributed by atoms with Gasteiger partial charge in [-0.2, -0.15) is 13.2 Å². The maximum atomic E-state index is 13.0. The Morgan fingerprint density at radius 2 is 1.65 bits per heavy atom. The molecule has 0 aliphatic heterocycles. The molecule has 0 fully saturated rings. The number of anilines is 2. The molecule has 2 nitrogen and oxygen atoms in total. The van der Waals surface area contributed by atoms with Gasteiger partial charge in [0.25, 0.3) is 0 Å². The van der Waals surface area contributed by atoms with Crippen LogP contribution in [-0.4, -0.2) is 7.05 Å². The minimum absolute atomic E-state index is 0.331. The molecule has 0 bridgehead atoms. The van der Waals surface area contributed by atoms with E-state index >= 15 is 0 Å². The average molecular weight is 360 g/mol. The highest BCUT2D eigenvalue weighted by atomic mass is 19.4. The molecule has 138 valence electrons. The quantitative estimate of drug-likeness (QED) is 0.614. The van der Waals surface area contributed by atoms with Gasteiger partial charge in [0, 0.05) is 24.1 Å². The van der Waals surface area contributed by atoms with Crippen LogP contribution in [0.2, 0.25) is 0 Å². The molecule has 2 aromatic carbocycles. The molecular formula is C21H23F3N2. The first-order chi connectivity index (χ1) is 12.2. The average Bonchev–Trinajstić information content (AvgIpc) is 2.59. The van der Waals surface area contributed by atoms with Crippen LogP contribution in [-0.2, 0) is 6.18 Å². The van der Waals surface area contributed by atoms with Crippen molar-refractivity contribution in [3.8, 4) is 0 Å². The number of halogens is 3. The van der Waals surface area contributed by atoms with Gasteiger partial charge < -0.3 is 10.6 Å². The fourth-order valence-electron chi connectivity index (χ4n) is 2.35. The third-order valence-electron chi connectivity index (χ3n) is 3.78. The van der Waals surface area contributed by atoms with Crippen LogP contribution in [0.15, 0.2) is 55.1 Å². The number of alkyl halides is 3. The summed E-state index contributed by atoms with van der Waals surface area (Å²) in [6.07, 6.45) is -0.268. The van der Waals surface area contributed by atoms with Crippen LogP contribution in [0.1, 0.15) is 30.5 Å². The maximum absolute atomic E-state index is 13.0. The van der Waals surface area contributed by atoms with Gasteiger partial charge in [-0.1, -0.05) is 56.8 Å². The van der Waals surface area contributed by atoms with E-state index in [-0.39, 0.29) is 0 Å². The van der Waals surface area contributed by atoms with Crippen LogP contribution in [0.3, 0.4) is 0 Å². The van der Waals surface area contributed by atoms with E-state index in [1.807, 2.05) is 30.3 Å². The first-order valence-corrected chi connectivity index (χ1v) is 8.33. The summed E-state index contributed by atoms with van der Waals surface area (Å²) in [6, 6.07) is 11.4. The van der Waals surface area contributed by atoms with Crippen LogP contribution in [0.4, 0.5) is 24.5 Å². The van der Waals surface area contributed by atoms with Crippen molar-refractivity contribution in [1.29, 1.82) is 0 Å². The molecule has 0 aromatic heterocycles. The van der Waals surface area contributed by atoms with Crippen molar-refractivity contribution >= 4 is 23.1 Å². The van der Waals surface area contributed by atoms with Gasteiger partial charge in [-0.3, -0.25) is 0 Å². The van der Waals surface area contributed by atoms with E-state index in [0.29, 0.717) is 23.0 Å². The summed E-state index contributed by atoms with van der Waals surface area (Å²) in [6.45, 7) is 8.15. The minimum Gasteiger partial charge on any atom is -0.388 e. The Labute approximate surface area is 152 Å². The van der Waals surface area contributed by atoms with Crippen molar-refractivity contribution in [3.63, 3.8) is 0 Å². The maximum Gasteiger partial charge on any atom is 0.416 e. The smallest absolute Gasteiger partial charge is 0.388 e. The van der Waals surface area contributed by atoms with Gasteiger partial charge in [-0.25, -0.2) is 0 Å². The van der Waals surface area contributed by atoms with Gasteiger partial charge >= 0.3 is 6.18 Å². The topological polar surface area (TPSA) is 24.1 Å². The molecule has 2 aromatic rings. The van der Waals surface area contributed by atoms with Gasteiger partial charge in [0.15, 0.2) is 0 Å². The Balaban J connectivity index is 2.19. The lowest BCUT2D eigenvalue weighted by molar-refractivity contribution is -0.137. The van der Waals surface area contributed by atoms with E-state index in [4.69, 9.17) is 0 Å². The second kappa shape index (κ2) is 8.13. The van der Waals surface area contributed by atoms with Gasteiger partial charge in [0.05, 0.1) is 5.56 Å². The van der Waals surface area contributed by atoms with Crippen LogP contribution in [0, 0.1) is 5.92 Å². The van der Waals surface area contributed by atoms with Gasteiger partial charge in [-0.05, 0) is 35.2 Å². The van der Waals surface area contributed by atoms with Crippen molar-refractivity contribution in [3.05, 3.63) is 71.8 Å². The molecule has 0 atom stereocenters. The molecule has 2 N–H and O–H groups in total. The Morgan fingerprint density at radius 3 is 2.19 bits per heavy atom. The van der Waals surface area contributed by atoms with E-state index in [9.17, 15) is 13.2 Å². The number of hydrogen-bond acceptors (Lipinski definition) is 2. The van der Waals surface area contributed by atoms with Crippen molar-refractivity contribution in [1.82, 2.24) is 0 Å². The fourth-order valence-corrected chi connectivity index (χ4v) is 2.35. The Kier molecular flexibility index (Phi) is 6.14. The predicted octanol–water partition coefficient (Wildman–Crippen LogP) is 6.50. The Bertz CT molecular complexity index is 788. The summed E-state index contributed by atoms with van der Waals surface area (Å²) in [4.78, 5) is 0. The van der Waals surface area contributed by atoms with Crippen molar-refractivity contribution in [2.24, 2.45) is 5.92 Å². The normalized spacial score (nSPS) is 11.8. The lowest BCUT2D eigenvalue weighted by atomic mass is 10.1. The molecule has 0 saturated carbocycles. The van der Waals surface area contributed by atoms with Crippen LogP contribution in [0.5, 0.6) is 0 Å². The number of benzene rings is 2. The monoisotopic (exact) mass is 360 g/mol.